The zero-order valence-corrected chi connectivity index (χ0v) is 10.4. The van der Waals surface area contributed by atoms with E-state index >= 15 is 0 Å². The second kappa shape index (κ2) is 6.62. The van der Waals surface area contributed by atoms with Crippen LogP contribution in [-0.2, 0) is 9.53 Å². The van der Waals surface area contributed by atoms with Gasteiger partial charge < -0.3 is 4.74 Å². The van der Waals surface area contributed by atoms with Gasteiger partial charge >= 0.3 is 5.97 Å². The molecule has 0 saturated heterocycles. The van der Waals surface area contributed by atoms with Crippen LogP contribution < -0.4 is 0 Å². The Morgan fingerprint density at radius 3 is 2.60 bits per heavy atom. The molecular formula is C12H15BrO2. The third kappa shape index (κ3) is 4.04. The quantitative estimate of drug-likeness (QED) is 0.607. The third-order valence-corrected chi connectivity index (χ3v) is 2.96. The Kier molecular flexibility index (Phi) is 5.40. The summed E-state index contributed by atoms with van der Waals surface area (Å²) in [7, 11) is 0. The SMILES string of the molecule is CCOC(=O)CC(CBr)c1ccccc1. The number of carbonyl (C=O) groups excluding carboxylic acids is 1. The lowest BCUT2D eigenvalue weighted by molar-refractivity contribution is -0.143. The summed E-state index contributed by atoms with van der Waals surface area (Å²) in [5.74, 6) is 0.0658. The maximum absolute atomic E-state index is 11.3. The van der Waals surface area contributed by atoms with E-state index in [0.717, 1.165) is 5.33 Å². The first kappa shape index (κ1) is 12.2. The minimum absolute atomic E-state index is 0.134. The monoisotopic (exact) mass is 270 g/mol. The molecule has 0 fully saturated rings. The maximum Gasteiger partial charge on any atom is 0.306 e. The highest BCUT2D eigenvalue weighted by atomic mass is 79.9. The molecule has 0 radical (unpaired) electrons. The number of ether oxygens (including phenoxy) is 1. The Balaban J connectivity index is 2.61. The summed E-state index contributed by atoms with van der Waals surface area (Å²) in [6.07, 6.45) is 0.434. The molecule has 0 aromatic heterocycles. The van der Waals surface area contributed by atoms with E-state index in [1.165, 1.54) is 5.56 Å². The van der Waals surface area contributed by atoms with Crippen LogP contribution in [0.25, 0.3) is 0 Å². The first-order chi connectivity index (χ1) is 7.27. The van der Waals surface area contributed by atoms with Gasteiger partial charge in [-0.2, -0.15) is 0 Å². The number of alkyl halides is 1. The van der Waals surface area contributed by atoms with Crippen molar-refractivity contribution in [3.05, 3.63) is 35.9 Å². The van der Waals surface area contributed by atoms with Crippen LogP contribution in [0.1, 0.15) is 24.8 Å². The molecule has 0 spiro atoms. The van der Waals surface area contributed by atoms with Crippen LogP contribution in [0.4, 0.5) is 0 Å². The smallest absolute Gasteiger partial charge is 0.306 e. The lowest BCUT2D eigenvalue weighted by Crippen LogP contribution is -2.11. The van der Waals surface area contributed by atoms with Crippen molar-refractivity contribution in [1.82, 2.24) is 0 Å². The van der Waals surface area contributed by atoms with Crippen LogP contribution in [0.15, 0.2) is 30.3 Å². The molecule has 0 aliphatic carbocycles. The van der Waals surface area contributed by atoms with Gasteiger partial charge in [0.25, 0.3) is 0 Å². The molecule has 3 heteroatoms. The topological polar surface area (TPSA) is 26.3 Å². The van der Waals surface area contributed by atoms with Gasteiger partial charge in [0.15, 0.2) is 0 Å². The Morgan fingerprint density at radius 1 is 1.40 bits per heavy atom. The maximum atomic E-state index is 11.3. The van der Waals surface area contributed by atoms with Crippen LogP contribution in [0, 0.1) is 0 Å². The zero-order valence-electron chi connectivity index (χ0n) is 8.78. The van der Waals surface area contributed by atoms with Crippen molar-refractivity contribution in [2.75, 3.05) is 11.9 Å². The summed E-state index contributed by atoms with van der Waals surface area (Å²) < 4.78 is 4.94. The van der Waals surface area contributed by atoms with E-state index in [2.05, 4.69) is 15.9 Å². The summed E-state index contributed by atoms with van der Waals surface area (Å²) in [4.78, 5) is 11.3. The fourth-order valence-corrected chi connectivity index (χ4v) is 2.01. The fraction of sp³-hybridized carbons (Fsp3) is 0.417. The van der Waals surface area contributed by atoms with E-state index in [9.17, 15) is 4.79 Å². The molecule has 0 amide bonds. The molecule has 15 heavy (non-hydrogen) atoms. The van der Waals surface area contributed by atoms with Gasteiger partial charge in [0.05, 0.1) is 13.0 Å². The molecule has 1 unspecified atom stereocenters. The Labute approximate surface area is 98.8 Å². The van der Waals surface area contributed by atoms with Gasteiger partial charge in [0.2, 0.25) is 0 Å². The van der Waals surface area contributed by atoms with E-state index in [0.29, 0.717) is 13.0 Å². The molecular weight excluding hydrogens is 256 g/mol. The van der Waals surface area contributed by atoms with Crippen LogP contribution >= 0.6 is 15.9 Å². The summed E-state index contributed by atoms with van der Waals surface area (Å²) in [5.41, 5.74) is 1.17. The van der Waals surface area contributed by atoms with E-state index in [-0.39, 0.29) is 11.9 Å². The number of esters is 1. The molecule has 0 aliphatic rings. The Bertz CT molecular complexity index is 298. The standard InChI is InChI=1S/C12H15BrO2/c1-2-15-12(14)8-11(9-13)10-6-4-3-5-7-10/h3-7,11H,2,8-9H2,1H3. The van der Waals surface area contributed by atoms with Crippen molar-refractivity contribution in [3.8, 4) is 0 Å². The highest BCUT2D eigenvalue weighted by Gasteiger charge is 2.15. The van der Waals surface area contributed by atoms with Gasteiger partial charge in [-0.05, 0) is 12.5 Å². The molecule has 1 rings (SSSR count). The van der Waals surface area contributed by atoms with Crippen LogP contribution in [0.2, 0.25) is 0 Å². The number of halogens is 1. The second-order valence-corrected chi connectivity index (χ2v) is 3.92. The highest BCUT2D eigenvalue weighted by molar-refractivity contribution is 9.09. The van der Waals surface area contributed by atoms with Crippen molar-refractivity contribution in [3.63, 3.8) is 0 Å². The van der Waals surface area contributed by atoms with Crippen LogP contribution in [0.3, 0.4) is 0 Å². The van der Waals surface area contributed by atoms with E-state index < -0.39 is 0 Å². The summed E-state index contributed by atoms with van der Waals surface area (Å²) in [6, 6.07) is 10.0. The lowest BCUT2D eigenvalue weighted by Gasteiger charge is -2.13. The van der Waals surface area contributed by atoms with E-state index in [1.807, 2.05) is 37.3 Å². The van der Waals surface area contributed by atoms with Crippen molar-refractivity contribution >= 4 is 21.9 Å². The van der Waals surface area contributed by atoms with Gasteiger partial charge in [0, 0.05) is 11.2 Å². The number of hydrogen-bond acceptors (Lipinski definition) is 2. The molecule has 0 bridgehead atoms. The normalized spacial score (nSPS) is 12.1. The first-order valence-corrected chi connectivity index (χ1v) is 6.16. The summed E-state index contributed by atoms with van der Waals surface area (Å²) >= 11 is 3.42. The minimum Gasteiger partial charge on any atom is -0.466 e. The van der Waals surface area contributed by atoms with Crippen LogP contribution in [-0.4, -0.2) is 17.9 Å². The number of rotatable bonds is 5. The zero-order chi connectivity index (χ0) is 11.1. The Morgan fingerprint density at radius 2 is 2.07 bits per heavy atom. The largest absolute Gasteiger partial charge is 0.466 e. The van der Waals surface area contributed by atoms with Crippen molar-refractivity contribution < 1.29 is 9.53 Å². The van der Waals surface area contributed by atoms with Crippen LogP contribution in [0.5, 0.6) is 0 Å². The van der Waals surface area contributed by atoms with E-state index in [1.54, 1.807) is 0 Å². The molecule has 0 aliphatic heterocycles. The predicted octanol–water partition coefficient (Wildman–Crippen LogP) is 3.12. The molecule has 1 aromatic rings. The molecule has 82 valence electrons. The minimum atomic E-state index is -0.134. The number of benzene rings is 1. The first-order valence-electron chi connectivity index (χ1n) is 5.04. The summed E-state index contributed by atoms with van der Waals surface area (Å²) in [5, 5.41) is 0.774. The average Bonchev–Trinajstić information content (AvgIpc) is 2.27. The van der Waals surface area contributed by atoms with Crippen molar-refractivity contribution in [2.24, 2.45) is 0 Å². The molecule has 0 heterocycles. The number of carbonyl (C=O) groups is 1. The number of hydrogen-bond donors (Lipinski definition) is 0. The van der Waals surface area contributed by atoms with Gasteiger partial charge in [-0.1, -0.05) is 46.3 Å². The third-order valence-electron chi connectivity index (χ3n) is 2.18. The molecule has 1 atom stereocenters. The van der Waals surface area contributed by atoms with Crippen molar-refractivity contribution in [2.45, 2.75) is 19.3 Å². The molecule has 2 nitrogen and oxygen atoms in total. The van der Waals surface area contributed by atoms with E-state index in [4.69, 9.17) is 4.74 Å². The second-order valence-electron chi connectivity index (χ2n) is 3.27. The average molecular weight is 271 g/mol. The van der Waals surface area contributed by atoms with Gasteiger partial charge in [-0.25, -0.2) is 0 Å². The molecule has 0 saturated carbocycles. The molecule has 0 N–H and O–H groups in total. The lowest BCUT2D eigenvalue weighted by atomic mass is 9.98. The molecule has 1 aromatic carbocycles. The van der Waals surface area contributed by atoms with Gasteiger partial charge in [0.1, 0.15) is 0 Å². The predicted molar refractivity (Wildman–Crippen MR) is 64.2 cm³/mol. The summed E-state index contributed by atoms with van der Waals surface area (Å²) in [6.45, 7) is 2.27. The Hall–Kier alpha value is -0.830. The highest BCUT2D eigenvalue weighted by Crippen LogP contribution is 2.22. The fourth-order valence-electron chi connectivity index (χ4n) is 1.41. The van der Waals surface area contributed by atoms with Crippen molar-refractivity contribution in [1.29, 1.82) is 0 Å². The van der Waals surface area contributed by atoms with Gasteiger partial charge in [-0.3, -0.25) is 4.79 Å². The van der Waals surface area contributed by atoms with Gasteiger partial charge in [-0.15, -0.1) is 0 Å².